The number of nitrogens with zero attached hydrogens (tertiary/aromatic N) is 4. The molecule has 0 bridgehead atoms. The van der Waals surface area contributed by atoms with E-state index in [0.717, 1.165) is 0 Å². The van der Waals surface area contributed by atoms with Crippen molar-refractivity contribution >= 4 is 15.9 Å². The number of imidazole rings is 1. The molecule has 8 nitrogen and oxygen atoms in total. The summed E-state index contributed by atoms with van der Waals surface area (Å²) in [4.78, 5) is 17.8. The number of rotatable bonds is 3. The van der Waals surface area contributed by atoms with E-state index in [1.807, 2.05) is 0 Å². The van der Waals surface area contributed by atoms with Gasteiger partial charge in [0.15, 0.2) is 10.8 Å². The highest BCUT2D eigenvalue weighted by Gasteiger charge is 2.30. The van der Waals surface area contributed by atoms with E-state index in [4.69, 9.17) is 4.42 Å². The van der Waals surface area contributed by atoms with Crippen LogP contribution >= 0.6 is 0 Å². The van der Waals surface area contributed by atoms with Crippen molar-refractivity contribution in [3.63, 3.8) is 0 Å². The molecule has 0 aliphatic carbocycles. The van der Waals surface area contributed by atoms with E-state index in [-0.39, 0.29) is 23.2 Å². The first-order valence-corrected chi connectivity index (χ1v) is 8.73. The maximum absolute atomic E-state index is 12.6. The Kier molecular flexibility index (Phi) is 4.22. The summed E-state index contributed by atoms with van der Waals surface area (Å²) < 4.78 is 33.3. The van der Waals surface area contributed by atoms with Crippen molar-refractivity contribution in [1.82, 2.24) is 18.8 Å². The topological polar surface area (TPSA) is 88.7 Å². The lowest BCUT2D eigenvalue weighted by atomic mass is 10.3. The van der Waals surface area contributed by atoms with Crippen molar-refractivity contribution < 1.29 is 17.6 Å². The van der Waals surface area contributed by atoms with Crippen molar-refractivity contribution in [3.8, 4) is 0 Å². The minimum Gasteiger partial charge on any atom is -0.459 e. The molecule has 3 rings (SSSR count). The summed E-state index contributed by atoms with van der Waals surface area (Å²) in [5.41, 5.74) is 0. The van der Waals surface area contributed by atoms with Crippen LogP contribution in [0.2, 0.25) is 0 Å². The van der Waals surface area contributed by atoms with E-state index in [9.17, 15) is 13.2 Å². The van der Waals surface area contributed by atoms with Gasteiger partial charge in [-0.25, -0.2) is 13.4 Å². The zero-order valence-electron chi connectivity index (χ0n) is 12.8. The standard InChI is InChI=1S/C14H18N4O4S/c1-16-10-13(15-11-16)23(20,21)18-6-3-5-17(7-8-18)14(19)12-4-2-9-22-12/h2,4,9-11H,3,5-8H2,1H3. The van der Waals surface area contributed by atoms with Gasteiger partial charge in [-0.3, -0.25) is 4.79 Å². The maximum Gasteiger partial charge on any atom is 0.289 e. The Bertz CT molecular complexity index is 782. The molecule has 1 saturated heterocycles. The summed E-state index contributed by atoms with van der Waals surface area (Å²) in [5, 5.41) is 0.0332. The lowest BCUT2D eigenvalue weighted by Crippen LogP contribution is -2.37. The molecule has 23 heavy (non-hydrogen) atoms. The van der Waals surface area contributed by atoms with Crippen LogP contribution in [-0.2, 0) is 17.1 Å². The van der Waals surface area contributed by atoms with Crippen LogP contribution in [0.5, 0.6) is 0 Å². The van der Waals surface area contributed by atoms with Gasteiger partial charge in [-0.15, -0.1) is 0 Å². The van der Waals surface area contributed by atoms with E-state index in [1.54, 1.807) is 28.6 Å². The predicted molar refractivity (Wildman–Crippen MR) is 81.2 cm³/mol. The van der Waals surface area contributed by atoms with Gasteiger partial charge in [-0.2, -0.15) is 4.31 Å². The fourth-order valence-electron chi connectivity index (χ4n) is 2.55. The van der Waals surface area contributed by atoms with Crippen molar-refractivity contribution in [1.29, 1.82) is 0 Å². The van der Waals surface area contributed by atoms with E-state index < -0.39 is 10.0 Å². The van der Waals surface area contributed by atoms with E-state index in [1.165, 1.54) is 23.1 Å². The van der Waals surface area contributed by atoms with Crippen LogP contribution in [0.1, 0.15) is 17.0 Å². The lowest BCUT2D eigenvalue weighted by Gasteiger charge is -2.20. The van der Waals surface area contributed by atoms with Gasteiger partial charge in [0.1, 0.15) is 0 Å². The molecule has 2 aromatic heterocycles. The van der Waals surface area contributed by atoms with Crippen LogP contribution in [-0.4, -0.2) is 59.3 Å². The number of carbonyl (C=O) groups is 1. The quantitative estimate of drug-likeness (QED) is 0.815. The summed E-state index contributed by atoms with van der Waals surface area (Å²) >= 11 is 0. The van der Waals surface area contributed by atoms with E-state index >= 15 is 0 Å². The largest absolute Gasteiger partial charge is 0.459 e. The van der Waals surface area contributed by atoms with Gasteiger partial charge in [0.2, 0.25) is 0 Å². The summed E-state index contributed by atoms with van der Waals surface area (Å²) in [5.74, 6) is 0.0538. The van der Waals surface area contributed by atoms with Gasteiger partial charge in [0, 0.05) is 39.4 Å². The summed E-state index contributed by atoms with van der Waals surface area (Å²) in [6, 6.07) is 3.26. The summed E-state index contributed by atoms with van der Waals surface area (Å²) in [6.07, 6.45) is 4.95. The monoisotopic (exact) mass is 338 g/mol. The van der Waals surface area contributed by atoms with Gasteiger partial charge in [-0.1, -0.05) is 0 Å². The Morgan fingerprint density at radius 3 is 2.74 bits per heavy atom. The molecule has 0 radical (unpaired) electrons. The molecule has 3 heterocycles. The number of furan rings is 1. The Labute approximate surface area is 134 Å². The molecule has 1 fully saturated rings. The summed E-state index contributed by atoms with van der Waals surface area (Å²) in [7, 11) is -1.91. The number of sulfonamides is 1. The molecule has 124 valence electrons. The van der Waals surface area contributed by atoms with Gasteiger partial charge in [0.25, 0.3) is 15.9 Å². The zero-order valence-corrected chi connectivity index (χ0v) is 13.6. The average Bonchev–Trinajstić information content (AvgIpc) is 3.13. The number of carbonyl (C=O) groups excluding carboxylic acids is 1. The third-order valence-corrected chi connectivity index (χ3v) is 5.54. The van der Waals surface area contributed by atoms with Crippen molar-refractivity contribution in [2.24, 2.45) is 7.05 Å². The van der Waals surface area contributed by atoms with Crippen LogP contribution < -0.4 is 0 Å². The minimum atomic E-state index is -3.63. The average molecular weight is 338 g/mol. The second-order valence-electron chi connectivity index (χ2n) is 5.40. The van der Waals surface area contributed by atoms with Gasteiger partial charge >= 0.3 is 0 Å². The Hall–Kier alpha value is -2.13. The molecule has 2 aromatic rings. The minimum absolute atomic E-state index is 0.0332. The van der Waals surface area contributed by atoms with Crippen LogP contribution in [0.3, 0.4) is 0 Å². The van der Waals surface area contributed by atoms with Crippen molar-refractivity contribution in [2.45, 2.75) is 11.4 Å². The first kappa shape index (κ1) is 15.8. The fourth-order valence-corrected chi connectivity index (χ4v) is 3.98. The molecular weight excluding hydrogens is 320 g/mol. The SMILES string of the molecule is Cn1cnc(S(=O)(=O)N2CCCN(C(=O)c3ccco3)CC2)c1. The molecule has 0 N–H and O–H groups in total. The first-order valence-electron chi connectivity index (χ1n) is 7.29. The molecule has 9 heteroatoms. The maximum atomic E-state index is 12.6. The third kappa shape index (κ3) is 3.15. The number of hydrogen-bond acceptors (Lipinski definition) is 5. The number of aryl methyl sites for hydroxylation is 1. The molecule has 1 aliphatic rings. The number of hydrogen-bond donors (Lipinski definition) is 0. The van der Waals surface area contributed by atoms with Crippen molar-refractivity contribution in [2.75, 3.05) is 26.2 Å². The van der Waals surface area contributed by atoms with E-state index in [2.05, 4.69) is 4.98 Å². The lowest BCUT2D eigenvalue weighted by molar-refractivity contribution is 0.0732. The normalized spacial score (nSPS) is 17.2. The summed E-state index contributed by atoms with van der Waals surface area (Å²) in [6.45, 7) is 1.42. The molecule has 0 spiro atoms. The van der Waals surface area contributed by atoms with E-state index in [0.29, 0.717) is 26.1 Å². The van der Waals surface area contributed by atoms with Crippen LogP contribution in [0.4, 0.5) is 0 Å². The Morgan fingerprint density at radius 1 is 1.26 bits per heavy atom. The smallest absolute Gasteiger partial charge is 0.289 e. The molecule has 0 atom stereocenters. The fraction of sp³-hybridized carbons (Fsp3) is 0.429. The van der Waals surface area contributed by atoms with Crippen LogP contribution in [0, 0.1) is 0 Å². The predicted octanol–water partition coefficient (Wildman–Crippen LogP) is 0.550. The van der Waals surface area contributed by atoms with Gasteiger partial charge < -0.3 is 13.9 Å². The third-order valence-electron chi connectivity index (χ3n) is 3.76. The molecular formula is C14H18N4O4S. The Morgan fingerprint density at radius 2 is 2.09 bits per heavy atom. The van der Waals surface area contributed by atoms with Gasteiger partial charge in [-0.05, 0) is 18.6 Å². The number of amides is 1. The Balaban J connectivity index is 1.72. The van der Waals surface area contributed by atoms with Gasteiger partial charge in [0.05, 0.1) is 12.6 Å². The van der Waals surface area contributed by atoms with Crippen molar-refractivity contribution in [3.05, 3.63) is 36.7 Å². The van der Waals surface area contributed by atoms with Crippen LogP contribution in [0.15, 0.2) is 40.4 Å². The molecule has 0 saturated carbocycles. The highest BCUT2D eigenvalue weighted by Crippen LogP contribution is 2.17. The molecule has 1 aliphatic heterocycles. The molecule has 0 aromatic carbocycles. The highest BCUT2D eigenvalue weighted by molar-refractivity contribution is 7.89. The molecule has 0 unspecified atom stereocenters. The zero-order chi connectivity index (χ0) is 16.4. The molecule has 1 amide bonds. The highest BCUT2D eigenvalue weighted by atomic mass is 32.2. The second-order valence-corrected chi connectivity index (χ2v) is 7.29. The second kappa shape index (κ2) is 6.17. The first-order chi connectivity index (χ1) is 11.0. The van der Waals surface area contributed by atoms with Crippen LogP contribution in [0.25, 0.3) is 0 Å². The number of aromatic nitrogens is 2.